The first-order chi connectivity index (χ1) is 19.0. The molecule has 0 aliphatic carbocycles. The summed E-state index contributed by atoms with van der Waals surface area (Å²) in [6.07, 6.45) is 1.80. The van der Waals surface area contributed by atoms with Crippen molar-refractivity contribution in [1.82, 2.24) is 4.57 Å². The zero-order chi connectivity index (χ0) is 26.9. The van der Waals surface area contributed by atoms with Crippen LogP contribution in [-0.2, 0) is 9.53 Å². The Labute approximate surface area is 232 Å². The lowest BCUT2D eigenvalue weighted by atomic mass is 9.93. The van der Waals surface area contributed by atoms with Gasteiger partial charge in [-0.25, -0.2) is 9.79 Å². The second-order valence-corrected chi connectivity index (χ2v) is 10.3. The number of carbonyl (C=O) groups excluding carboxylic acids is 1. The van der Waals surface area contributed by atoms with Crippen molar-refractivity contribution in [3.63, 3.8) is 0 Å². The van der Waals surface area contributed by atoms with Crippen molar-refractivity contribution in [3.05, 3.63) is 120 Å². The van der Waals surface area contributed by atoms with E-state index in [-0.39, 0.29) is 12.2 Å². The van der Waals surface area contributed by atoms with Crippen LogP contribution in [0.15, 0.2) is 88.2 Å². The molecule has 39 heavy (non-hydrogen) atoms. The maximum atomic E-state index is 14.0. The molecule has 9 heteroatoms. The highest BCUT2D eigenvalue weighted by atomic mass is 35.5. The second kappa shape index (κ2) is 10.6. The molecule has 1 unspecified atom stereocenters. The molecule has 0 fully saturated rings. The Balaban J connectivity index is 1.60. The summed E-state index contributed by atoms with van der Waals surface area (Å²) in [4.78, 5) is 32.8. The molecule has 7 nitrogen and oxygen atoms in total. The van der Waals surface area contributed by atoms with Crippen molar-refractivity contribution in [2.75, 3.05) is 19.8 Å². The molecule has 0 spiro atoms. The average molecular weight is 559 g/mol. The van der Waals surface area contributed by atoms with Crippen LogP contribution in [0.4, 0.5) is 0 Å². The minimum atomic E-state index is -0.754. The van der Waals surface area contributed by atoms with Crippen LogP contribution in [0.25, 0.3) is 11.8 Å². The number of ether oxygens (including phenoxy) is 3. The van der Waals surface area contributed by atoms with E-state index in [1.807, 2.05) is 60.7 Å². The fraction of sp³-hybridized carbons (Fsp3) is 0.167. The molecule has 0 amide bonds. The lowest BCUT2D eigenvalue weighted by Gasteiger charge is -2.25. The predicted octanol–water partition coefficient (Wildman–Crippen LogP) is 4.36. The smallest absolute Gasteiger partial charge is 0.338 e. The molecule has 6 rings (SSSR count). The molecule has 0 radical (unpaired) electrons. The summed E-state index contributed by atoms with van der Waals surface area (Å²) in [6.45, 7) is 2.91. The Morgan fingerprint density at radius 3 is 2.56 bits per heavy atom. The summed E-state index contributed by atoms with van der Waals surface area (Å²) in [6, 6.07) is 21.4. The van der Waals surface area contributed by atoms with Gasteiger partial charge in [0.05, 0.1) is 28.5 Å². The number of hydrogen-bond acceptors (Lipinski definition) is 7. The van der Waals surface area contributed by atoms with Gasteiger partial charge >= 0.3 is 5.97 Å². The second-order valence-electron chi connectivity index (χ2n) is 8.89. The zero-order valence-electron chi connectivity index (χ0n) is 20.9. The Hall–Kier alpha value is -4.14. The first-order valence-corrected chi connectivity index (χ1v) is 13.7. The third kappa shape index (κ3) is 4.77. The molecule has 3 heterocycles. The van der Waals surface area contributed by atoms with E-state index in [0.717, 1.165) is 16.7 Å². The number of rotatable bonds is 5. The Morgan fingerprint density at radius 1 is 1.08 bits per heavy atom. The van der Waals surface area contributed by atoms with Crippen LogP contribution in [0, 0.1) is 0 Å². The molecule has 2 aliphatic rings. The number of nitrogens with zero attached hydrogens (tertiary/aromatic N) is 2. The molecule has 1 atom stereocenters. The minimum absolute atomic E-state index is 0.187. The number of thiazole rings is 1. The van der Waals surface area contributed by atoms with Crippen LogP contribution in [0.2, 0.25) is 5.02 Å². The number of carbonyl (C=O) groups is 1. The summed E-state index contributed by atoms with van der Waals surface area (Å²) in [5, 5.41) is 0.551. The molecule has 0 N–H and O–H groups in total. The first kappa shape index (κ1) is 25.2. The third-order valence-corrected chi connectivity index (χ3v) is 7.66. The van der Waals surface area contributed by atoms with Gasteiger partial charge in [-0.3, -0.25) is 9.36 Å². The summed E-state index contributed by atoms with van der Waals surface area (Å²) >= 11 is 7.45. The molecule has 196 valence electrons. The van der Waals surface area contributed by atoms with Gasteiger partial charge in [0.2, 0.25) is 0 Å². The van der Waals surface area contributed by atoms with Crippen molar-refractivity contribution < 1.29 is 19.0 Å². The van der Waals surface area contributed by atoms with Gasteiger partial charge in [0.25, 0.3) is 5.56 Å². The van der Waals surface area contributed by atoms with Crippen LogP contribution < -0.4 is 24.4 Å². The minimum Gasteiger partial charge on any atom is -0.486 e. The number of fused-ring (bicyclic) bond motifs is 2. The highest BCUT2D eigenvalue weighted by Gasteiger charge is 2.35. The fourth-order valence-corrected chi connectivity index (χ4v) is 5.83. The predicted molar refractivity (Wildman–Crippen MR) is 150 cm³/mol. The van der Waals surface area contributed by atoms with Gasteiger partial charge in [0, 0.05) is 10.6 Å². The topological polar surface area (TPSA) is 79.1 Å². The van der Waals surface area contributed by atoms with Crippen LogP contribution in [-0.4, -0.2) is 30.4 Å². The Bertz CT molecular complexity index is 1770. The number of esters is 1. The highest BCUT2D eigenvalue weighted by molar-refractivity contribution is 7.07. The molecule has 0 bridgehead atoms. The van der Waals surface area contributed by atoms with E-state index in [1.54, 1.807) is 29.7 Å². The summed E-state index contributed by atoms with van der Waals surface area (Å²) < 4.78 is 18.9. The van der Waals surface area contributed by atoms with E-state index in [1.165, 1.54) is 11.3 Å². The van der Waals surface area contributed by atoms with E-state index >= 15 is 0 Å². The van der Waals surface area contributed by atoms with Gasteiger partial charge in [-0.05, 0) is 48.4 Å². The summed E-state index contributed by atoms with van der Waals surface area (Å²) in [5.74, 6) is 0.785. The van der Waals surface area contributed by atoms with Gasteiger partial charge in [-0.15, -0.1) is 0 Å². The molecule has 3 aromatic carbocycles. The van der Waals surface area contributed by atoms with Crippen LogP contribution >= 0.6 is 22.9 Å². The molecule has 2 aliphatic heterocycles. The normalized spacial score (nSPS) is 16.5. The molecular formula is C30H23ClN2O5S. The number of hydrogen-bond donors (Lipinski definition) is 0. The monoisotopic (exact) mass is 558 g/mol. The van der Waals surface area contributed by atoms with Gasteiger partial charge in [0.1, 0.15) is 13.2 Å². The average Bonchev–Trinajstić information content (AvgIpc) is 3.27. The van der Waals surface area contributed by atoms with Crippen molar-refractivity contribution >= 4 is 40.7 Å². The number of benzene rings is 3. The van der Waals surface area contributed by atoms with Gasteiger partial charge in [0.15, 0.2) is 16.3 Å². The summed E-state index contributed by atoms with van der Waals surface area (Å²) in [7, 11) is 0. The zero-order valence-corrected chi connectivity index (χ0v) is 22.5. The maximum absolute atomic E-state index is 14.0. The third-order valence-electron chi connectivity index (χ3n) is 6.42. The lowest BCUT2D eigenvalue weighted by Crippen LogP contribution is -2.40. The fourth-order valence-electron chi connectivity index (χ4n) is 4.70. The van der Waals surface area contributed by atoms with Crippen molar-refractivity contribution in [3.8, 4) is 11.5 Å². The van der Waals surface area contributed by atoms with E-state index in [4.69, 9.17) is 30.8 Å². The van der Waals surface area contributed by atoms with Crippen molar-refractivity contribution in [2.24, 2.45) is 4.99 Å². The van der Waals surface area contributed by atoms with Crippen LogP contribution in [0.3, 0.4) is 0 Å². The van der Waals surface area contributed by atoms with Crippen LogP contribution in [0.5, 0.6) is 11.5 Å². The quantitative estimate of drug-likeness (QED) is 0.340. The highest BCUT2D eigenvalue weighted by Crippen LogP contribution is 2.35. The number of halogens is 1. The number of aromatic nitrogens is 1. The van der Waals surface area contributed by atoms with Crippen molar-refractivity contribution in [2.45, 2.75) is 13.0 Å². The maximum Gasteiger partial charge on any atom is 0.338 e. The van der Waals surface area contributed by atoms with Crippen molar-refractivity contribution in [1.29, 1.82) is 0 Å². The van der Waals surface area contributed by atoms with E-state index in [2.05, 4.69) is 0 Å². The molecular weight excluding hydrogens is 536 g/mol. The summed E-state index contributed by atoms with van der Waals surface area (Å²) in [5.41, 5.74) is 2.77. The lowest BCUT2D eigenvalue weighted by molar-refractivity contribution is -0.138. The van der Waals surface area contributed by atoms with Gasteiger partial charge in [-0.1, -0.05) is 71.5 Å². The van der Waals surface area contributed by atoms with Gasteiger partial charge in [-0.2, -0.15) is 0 Å². The van der Waals surface area contributed by atoms with Crippen LogP contribution in [0.1, 0.15) is 29.7 Å². The Morgan fingerprint density at radius 2 is 1.82 bits per heavy atom. The largest absolute Gasteiger partial charge is 0.486 e. The van der Waals surface area contributed by atoms with E-state index in [0.29, 0.717) is 50.3 Å². The standard InChI is InChI=1S/C30H23ClN2O5S/c1-2-36-29(35)25-26(19-6-4-3-5-7-19)32-30-33(27(25)20-9-11-21(31)12-10-20)28(34)24(39-30)17-18-8-13-22-23(16-18)38-15-14-37-22/h3-13,16-17,27H,2,14-15H2,1H3/b24-17-. The molecule has 4 aromatic rings. The first-order valence-electron chi connectivity index (χ1n) is 12.5. The molecule has 0 saturated carbocycles. The SMILES string of the molecule is CCOC(=O)C1=C(c2ccccc2)N=c2s/c(=C\c3ccc4c(c3)OCCO4)c(=O)n2C1c1ccc(Cl)cc1. The van der Waals surface area contributed by atoms with E-state index in [9.17, 15) is 9.59 Å². The van der Waals surface area contributed by atoms with E-state index < -0.39 is 12.0 Å². The molecule has 0 saturated heterocycles. The molecule has 1 aromatic heterocycles. The Kier molecular flexibility index (Phi) is 6.81. The van der Waals surface area contributed by atoms with Gasteiger partial charge < -0.3 is 14.2 Å².